The predicted octanol–water partition coefficient (Wildman–Crippen LogP) is 2.61. The van der Waals surface area contributed by atoms with Gasteiger partial charge in [-0.3, -0.25) is 9.59 Å². The number of amides is 1. The molecule has 2 rings (SSSR count). The van der Waals surface area contributed by atoms with Crippen molar-refractivity contribution >= 4 is 27.5 Å². The van der Waals surface area contributed by atoms with E-state index in [1.54, 1.807) is 39.2 Å². The van der Waals surface area contributed by atoms with Gasteiger partial charge in [-0.05, 0) is 41.9 Å². The van der Waals surface area contributed by atoms with Crippen molar-refractivity contribution < 1.29 is 9.21 Å². The fraction of sp³-hybridized carbons (Fsp3) is 0.231. The summed E-state index contributed by atoms with van der Waals surface area (Å²) in [4.78, 5) is 23.6. The molecule has 19 heavy (non-hydrogen) atoms. The van der Waals surface area contributed by atoms with Crippen LogP contribution in [0.15, 0.2) is 32.0 Å². The minimum Gasteiger partial charge on any atom is -0.466 e. The molecule has 0 bridgehead atoms. The zero-order chi connectivity index (χ0) is 14.2. The highest BCUT2D eigenvalue weighted by Crippen LogP contribution is 2.17. The van der Waals surface area contributed by atoms with Gasteiger partial charge in [0.05, 0.1) is 15.7 Å². The zero-order valence-electron chi connectivity index (χ0n) is 10.8. The quantitative estimate of drug-likeness (QED) is 0.923. The van der Waals surface area contributed by atoms with Gasteiger partial charge in [-0.2, -0.15) is 0 Å². The molecule has 2 heterocycles. The monoisotopic (exact) mass is 324 g/mol. The van der Waals surface area contributed by atoms with Crippen molar-refractivity contribution in [2.45, 2.75) is 13.8 Å². The lowest BCUT2D eigenvalue weighted by Gasteiger charge is -2.07. The Bertz CT molecular complexity index is 674. The van der Waals surface area contributed by atoms with Gasteiger partial charge in [0.25, 0.3) is 11.5 Å². The summed E-state index contributed by atoms with van der Waals surface area (Å²) in [6.45, 7) is 3.52. The number of furan rings is 1. The molecule has 0 aliphatic rings. The van der Waals surface area contributed by atoms with E-state index in [4.69, 9.17) is 4.42 Å². The minimum atomic E-state index is -0.264. The molecule has 0 aromatic carbocycles. The van der Waals surface area contributed by atoms with Crippen molar-refractivity contribution in [2.24, 2.45) is 7.05 Å². The lowest BCUT2D eigenvalue weighted by Crippen LogP contribution is -2.19. The van der Waals surface area contributed by atoms with E-state index in [1.807, 2.05) is 0 Å². The number of carbonyl (C=O) groups excluding carboxylic acids is 1. The molecule has 0 saturated heterocycles. The number of anilines is 1. The third-order valence-corrected chi connectivity index (χ3v) is 3.25. The van der Waals surface area contributed by atoms with Crippen LogP contribution in [0.4, 0.5) is 5.69 Å². The van der Waals surface area contributed by atoms with E-state index in [0.29, 0.717) is 27.2 Å². The lowest BCUT2D eigenvalue weighted by atomic mass is 10.2. The number of carbonyl (C=O) groups is 1. The standard InChI is InChI=1S/C13H13BrN2O3/c1-7-4-10(8(2)19-7)12(17)15-9-5-11(14)13(18)16(3)6-9/h4-6H,1-3H3,(H,15,17). The largest absolute Gasteiger partial charge is 0.466 e. The molecular formula is C13H13BrN2O3. The highest BCUT2D eigenvalue weighted by atomic mass is 79.9. The molecule has 100 valence electrons. The number of hydrogen-bond acceptors (Lipinski definition) is 3. The van der Waals surface area contributed by atoms with Crippen LogP contribution in [0.3, 0.4) is 0 Å². The molecule has 0 aliphatic heterocycles. The fourth-order valence-corrected chi connectivity index (χ4v) is 2.32. The maximum Gasteiger partial charge on any atom is 0.264 e. The first-order valence-electron chi connectivity index (χ1n) is 5.63. The number of nitrogens with zero attached hydrogens (tertiary/aromatic N) is 1. The summed E-state index contributed by atoms with van der Waals surface area (Å²) in [7, 11) is 1.62. The number of aryl methyl sites for hydroxylation is 3. The second kappa shape index (κ2) is 5.05. The normalized spacial score (nSPS) is 10.5. The molecule has 0 fully saturated rings. The SMILES string of the molecule is Cc1cc(C(=O)Nc2cc(Br)c(=O)n(C)c2)c(C)o1. The number of pyridine rings is 1. The summed E-state index contributed by atoms with van der Waals surface area (Å²) in [5.41, 5.74) is 0.869. The van der Waals surface area contributed by atoms with Crippen LogP contribution >= 0.6 is 15.9 Å². The summed E-state index contributed by atoms with van der Waals surface area (Å²) in [6, 6.07) is 3.25. The zero-order valence-corrected chi connectivity index (χ0v) is 12.4. The first-order valence-corrected chi connectivity index (χ1v) is 6.42. The van der Waals surface area contributed by atoms with Gasteiger partial charge in [0.2, 0.25) is 0 Å². The van der Waals surface area contributed by atoms with Gasteiger partial charge < -0.3 is 14.3 Å². The molecule has 1 N–H and O–H groups in total. The first kappa shape index (κ1) is 13.6. The summed E-state index contributed by atoms with van der Waals surface area (Å²) in [5.74, 6) is 0.989. The van der Waals surface area contributed by atoms with Crippen LogP contribution in [-0.4, -0.2) is 10.5 Å². The summed E-state index contributed by atoms with van der Waals surface area (Å²) >= 11 is 3.16. The van der Waals surface area contributed by atoms with Crippen LogP contribution in [0.1, 0.15) is 21.9 Å². The van der Waals surface area contributed by atoms with Crippen molar-refractivity contribution in [1.82, 2.24) is 4.57 Å². The lowest BCUT2D eigenvalue weighted by molar-refractivity contribution is 0.102. The molecule has 0 spiro atoms. The maximum atomic E-state index is 12.1. The van der Waals surface area contributed by atoms with Crippen molar-refractivity contribution in [3.63, 3.8) is 0 Å². The van der Waals surface area contributed by atoms with Crippen LogP contribution < -0.4 is 10.9 Å². The van der Waals surface area contributed by atoms with E-state index in [9.17, 15) is 9.59 Å². The number of halogens is 1. The Kier molecular flexibility index (Phi) is 3.61. The van der Waals surface area contributed by atoms with Gasteiger partial charge in [0, 0.05) is 13.2 Å². The molecule has 2 aromatic heterocycles. The summed E-state index contributed by atoms with van der Waals surface area (Å²) < 4.78 is 7.11. The van der Waals surface area contributed by atoms with E-state index < -0.39 is 0 Å². The van der Waals surface area contributed by atoms with Gasteiger partial charge in [0.1, 0.15) is 11.5 Å². The van der Waals surface area contributed by atoms with E-state index >= 15 is 0 Å². The van der Waals surface area contributed by atoms with Gasteiger partial charge in [0.15, 0.2) is 0 Å². The van der Waals surface area contributed by atoms with Crippen LogP contribution in [0.2, 0.25) is 0 Å². The third kappa shape index (κ3) is 2.78. The Morgan fingerprint density at radius 2 is 2.05 bits per heavy atom. The average molecular weight is 325 g/mol. The molecule has 2 aromatic rings. The van der Waals surface area contributed by atoms with Crippen molar-refractivity contribution in [3.05, 3.63) is 50.2 Å². The smallest absolute Gasteiger partial charge is 0.264 e. The Hall–Kier alpha value is -1.82. The second-order valence-corrected chi connectivity index (χ2v) is 5.13. The Balaban J connectivity index is 2.29. The molecule has 6 heteroatoms. The van der Waals surface area contributed by atoms with Crippen LogP contribution in [0.5, 0.6) is 0 Å². The maximum absolute atomic E-state index is 12.1. The van der Waals surface area contributed by atoms with E-state index in [0.717, 1.165) is 0 Å². The Morgan fingerprint density at radius 1 is 1.37 bits per heavy atom. The molecule has 5 nitrogen and oxygen atoms in total. The highest BCUT2D eigenvalue weighted by Gasteiger charge is 2.14. The molecule has 0 saturated carbocycles. The molecule has 0 unspecified atom stereocenters. The van der Waals surface area contributed by atoms with Gasteiger partial charge >= 0.3 is 0 Å². The molecular weight excluding hydrogens is 312 g/mol. The van der Waals surface area contributed by atoms with Crippen molar-refractivity contribution in [2.75, 3.05) is 5.32 Å². The van der Waals surface area contributed by atoms with Crippen molar-refractivity contribution in [3.8, 4) is 0 Å². The summed E-state index contributed by atoms with van der Waals surface area (Å²) in [5, 5.41) is 2.73. The predicted molar refractivity (Wildman–Crippen MR) is 75.5 cm³/mol. The minimum absolute atomic E-state index is 0.159. The fourth-order valence-electron chi connectivity index (χ4n) is 1.79. The van der Waals surface area contributed by atoms with Crippen LogP contribution in [0, 0.1) is 13.8 Å². The molecule has 1 amide bonds. The molecule has 0 atom stereocenters. The highest BCUT2D eigenvalue weighted by molar-refractivity contribution is 9.10. The Labute approximate surface area is 118 Å². The van der Waals surface area contributed by atoms with Crippen LogP contribution in [-0.2, 0) is 7.05 Å². The Morgan fingerprint density at radius 3 is 2.58 bits per heavy atom. The first-order chi connectivity index (χ1) is 8.88. The van der Waals surface area contributed by atoms with E-state index in [-0.39, 0.29) is 11.5 Å². The molecule has 0 radical (unpaired) electrons. The van der Waals surface area contributed by atoms with Gasteiger partial charge in [-0.15, -0.1) is 0 Å². The van der Waals surface area contributed by atoms with Gasteiger partial charge in [-0.1, -0.05) is 0 Å². The third-order valence-electron chi connectivity index (χ3n) is 2.68. The summed E-state index contributed by atoms with van der Waals surface area (Å²) in [6.07, 6.45) is 1.56. The van der Waals surface area contributed by atoms with Gasteiger partial charge in [-0.25, -0.2) is 0 Å². The topological polar surface area (TPSA) is 64.2 Å². The number of nitrogens with one attached hydrogen (secondary N) is 1. The number of aromatic nitrogens is 1. The van der Waals surface area contributed by atoms with E-state index in [1.165, 1.54) is 4.57 Å². The number of rotatable bonds is 2. The van der Waals surface area contributed by atoms with Crippen molar-refractivity contribution in [1.29, 1.82) is 0 Å². The molecule has 0 aliphatic carbocycles. The second-order valence-electron chi connectivity index (χ2n) is 4.27. The average Bonchev–Trinajstić information content (AvgIpc) is 2.65. The van der Waals surface area contributed by atoms with Crippen LogP contribution in [0.25, 0.3) is 0 Å². The van der Waals surface area contributed by atoms with E-state index in [2.05, 4.69) is 21.2 Å². The number of hydrogen-bond donors (Lipinski definition) is 1.